The summed E-state index contributed by atoms with van der Waals surface area (Å²) in [5.41, 5.74) is 2.37. The maximum Gasteiger partial charge on any atom is 0.404 e. The number of rotatable bonds is 5. The van der Waals surface area contributed by atoms with Gasteiger partial charge in [0.15, 0.2) is 0 Å². The molecule has 1 N–H and O–H groups in total. The first-order valence-electron chi connectivity index (χ1n) is 12.3. The molecule has 1 fully saturated rings. The van der Waals surface area contributed by atoms with Crippen LogP contribution < -0.4 is 10.2 Å². The maximum atomic E-state index is 13.6. The lowest BCUT2D eigenvalue weighted by Gasteiger charge is -2.34. The van der Waals surface area contributed by atoms with Crippen molar-refractivity contribution in [2.45, 2.75) is 51.1 Å². The number of carbonyl (C=O) groups excluding carboxylic acids is 2. The summed E-state index contributed by atoms with van der Waals surface area (Å²) in [6.45, 7) is 2.80. The highest BCUT2D eigenvalue weighted by atomic mass is 19.4. The number of benzene rings is 2. The molecule has 11 heteroatoms. The summed E-state index contributed by atoms with van der Waals surface area (Å²) in [7, 11) is 0. The van der Waals surface area contributed by atoms with Gasteiger partial charge >= 0.3 is 6.18 Å². The van der Waals surface area contributed by atoms with E-state index in [4.69, 9.17) is 5.26 Å². The number of hydrogen-bond donors (Lipinski definition) is 1. The van der Waals surface area contributed by atoms with Crippen LogP contribution in [0.2, 0.25) is 0 Å². The number of alkyl halides is 3. The van der Waals surface area contributed by atoms with Crippen LogP contribution in [0.3, 0.4) is 0 Å². The number of fused-ring (bicyclic) bond motifs is 1. The molecule has 1 unspecified atom stereocenters. The van der Waals surface area contributed by atoms with Gasteiger partial charge in [-0.25, -0.2) is 0 Å². The summed E-state index contributed by atoms with van der Waals surface area (Å²) in [5, 5.41) is 16.0. The molecule has 8 nitrogen and oxygen atoms in total. The van der Waals surface area contributed by atoms with E-state index in [0.717, 1.165) is 5.56 Å². The second kappa shape index (κ2) is 9.95. The van der Waals surface area contributed by atoms with Crippen LogP contribution in [-0.4, -0.2) is 51.3 Å². The molecule has 2 atom stereocenters. The van der Waals surface area contributed by atoms with Gasteiger partial charge in [-0.1, -0.05) is 18.2 Å². The Morgan fingerprint density at radius 2 is 1.97 bits per heavy atom. The first-order chi connectivity index (χ1) is 18.2. The molecule has 2 aliphatic heterocycles. The van der Waals surface area contributed by atoms with Crippen LogP contribution >= 0.6 is 0 Å². The second-order valence-electron chi connectivity index (χ2n) is 9.60. The van der Waals surface area contributed by atoms with Crippen LogP contribution in [0.5, 0.6) is 0 Å². The van der Waals surface area contributed by atoms with Gasteiger partial charge in [0.1, 0.15) is 11.7 Å². The Morgan fingerprint density at radius 3 is 2.68 bits per heavy atom. The molecular formula is C27H25F3N6O2. The fraction of sp³-hybridized carbons (Fsp3) is 0.333. The van der Waals surface area contributed by atoms with Crippen LogP contribution in [0.25, 0.3) is 0 Å². The number of halogens is 3. The number of nitrogens with one attached hydrogen (secondary N) is 1. The molecule has 196 valence electrons. The maximum absolute atomic E-state index is 13.6. The molecule has 1 aromatic heterocycles. The fourth-order valence-electron chi connectivity index (χ4n) is 5.18. The van der Waals surface area contributed by atoms with Crippen molar-refractivity contribution in [3.05, 3.63) is 77.1 Å². The van der Waals surface area contributed by atoms with E-state index in [1.165, 1.54) is 21.8 Å². The molecular weight excluding hydrogens is 497 g/mol. The largest absolute Gasteiger partial charge is 0.404 e. The van der Waals surface area contributed by atoms with E-state index in [-0.39, 0.29) is 30.3 Å². The van der Waals surface area contributed by atoms with Crippen molar-refractivity contribution in [1.29, 1.82) is 5.26 Å². The van der Waals surface area contributed by atoms with E-state index >= 15 is 0 Å². The minimum Gasteiger partial charge on any atom is -0.322 e. The number of amides is 2. The topological polar surface area (TPSA) is 94.3 Å². The highest BCUT2D eigenvalue weighted by molar-refractivity contribution is 6.15. The SMILES string of the molecule is C[C@H]1Cn2ncc(C(=O)Nc3cccc(C#N)c3)c2C(=O)N1c1ccc(CN2CCCC2C(F)(F)F)cc1. The van der Waals surface area contributed by atoms with Gasteiger partial charge in [-0.15, -0.1) is 0 Å². The molecule has 5 rings (SSSR count). The summed E-state index contributed by atoms with van der Waals surface area (Å²) < 4.78 is 41.4. The van der Waals surface area contributed by atoms with Gasteiger partial charge < -0.3 is 10.2 Å². The van der Waals surface area contributed by atoms with Crippen LogP contribution in [-0.2, 0) is 13.1 Å². The first kappa shape index (κ1) is 25.5. The Hall–Kier alpha value is -4.17. The first-order valence-corrected chi connectivity index (χ1v) is 12.3. The van der Waals surface area contributed by atoms with Gasteiger partial charge in [0, 0.05) is 17.9 Å². The standard InChI is InChI=1S/C27H25F3N6O2/c1-17-15-35-24(22(14-32-35)25(37)33-20-5-2-4-19(12-20)13-31)26(38)36(17)21-9-7-18(8-10-21)16-34-11-3-6-23(34)27(28,29)30/h2,4-5,7-10,12,14,17,23H,3,6,11,15-16H2,1H3,(H,33,37)/t17-,23?/m0/s1. The molecule has 3 heterocycles. The lowest BCUT2D eigenvalue weighted by molar-refractivity contribution is -0.177. The summed E-state index contributed by atoms with van der Waals surface area (Å²) >= 11 is 0. The zero-order valence-corrected chi connectivity index (χ0v) is 20.6. The van der Waals surface area contributed by atoms with Gasteiger partial charge in [-0.3, -0.25) is 19.2 Å². The van der Waals surface area contributed by atoms with Crippen LogP contribution in [0.4, 0.5) is 24.5 Å². The van der Waals surface area contributed by atoms with Gasteiger partial charge in [-0.2, -0.15) is 23.5 Å². The van der Waals surface area contributed by atoms with Crippen molar-refractivity contribution in [3.63, 3.8) is 0 Å². The zero-order chi connectivity index (χ0) is 27.0. The Kier molecular flexibility index (Phi) is 6.67. The van der Waals surface area contributed by atoms with Crippen molar-refractivity contribution in [3.8, 4) is 6.07 Å². The minimum absolute atomic E-state index is 0.106. The summed E-state index contributed by atoms with van der Waals surface area (Å²) in [5.74, 6) is -0.925. The molecule has 0 aliphatic carbocycles. The average molecular weight is 523 g/mol. The van der Waals surface area contributed by atoms with E-state index in [9.17, 15) is 22.8 Å². The van der Waals surface area contributed by atoms with Crippen LogP contribution in [0.15, 0.2) is 54.7 Å². The molecule has 2 aliphatic rings. The third kappa shape index (κ3) is 4.87. The Morgan fingerprint density at radius 1 is 1.21 bits per heavy atom. The highest BCUT2D eigenvalue weighted by Crippen LogP contribution is 2.34. The lowest BCUT2D eigenvalue weighted by Crippen LogP contribution is -2.47. The van der Waals surface area contributed by atoms with E-state index in [1.54, 1.807) is 47.4 Å². The summed E-state index contributed by atoms with van der Waals surface area (Å²) in [6, 6.07) is 13.7. The predicted molar refractivity (Wildman–Crippen MR) is 134 cm³/mol. The number of hydrogen-bond acceptors (Lipinski definition) is 5. The number of anilines is 2. The number of nitriles is 1. The van der Waals surface area contributed by atoms with Gasteiger partial charge in [0.05, 0.1) is 36.0 Å². The van der Waals surface area contributed by atoms with Crippen LogP contribution in [0.1, 0.15) is 51.7 Å². The molecule has 0 saturated carbocycles. The van der Waals surface area contributed by atoms with E-state index < -0.39 is 24.0 Å². The Labute approximate surface area is 217 Å². The molecule has 2 amide bonds. The lowest BCUT2D eigenvalue weighted by atomic mass is 10.1. The van der Waals surface area contributed by atoms with Crippen molar-refractivity contribution in [1.82, 2.24) is 14.7 Å². The second-order valence-corrected chi connectivity index (χ2v) is 9.60. The predicted octanol–water partition coefficient (Wildman–Crippen LogP) is 4.58. The van der Waals surface area contributed by atoms with Crippen molar-refractivity contribution in [2.75, 3.05) is 16.8 Å². The van der Waals surface area contributed by atoms with E-state index in [1.807, 2.05) is 13.0 Å². The molecule has 0 radical (unpaired) electrons. The van der Waals surface area contributed by atoms with Gasteiger partial charge in [-0.05, 0) is 62.2 Å². The van der Waals surface area contributed by atoms with Crippen molar-refractivity contribution < 1.29 is 22.8 Å². The normalized spacial score (nSPS) is 19.8. The quantitative estimate of drug-likeness (QED) is 0.529. The van der Waals surface area contributed by atoms with Crippen LogP contribution in [0, 0.1) is 11.3 Å². The smallest absolute Gasteiger partial charge is 0.322 e. The summed E-state index contributed by atoms with van der Waals surface area (Å²) in [4.78, 5) is 29.6. The molecule has 1 saturated heterocycles. The summed E-state index contributed by atoms with van der Waals surface area (Å²) in [6.07, 6.45) is -2.29. The van der Waals surface area contributed by atoms with Crippen molar-refractivity contribution >= 4 is 23.2 Å². The third-order valence-electron chi connectivity index (χ3n) is 6.97. The average Bonchev–Trinajstić information content (AvgIpc) is 3.52. The minimum atomic E-state index is -4.25. The van der Waals surface area contributed by atoms with Gasteiger partial charge in [0.2, 0.25) is 0 Å². The zero-order valence-electron chi connectivity index (χ0n) is 20.6. The molecule has 0 spiro atoms. The number of aromatic nitrogens is 2. The number of nitrogens with zero attached hydrogens (tertiary/aromatic N) is 5. The molecule has 2 aromatic carbocycles. The monoisotopic (exact) mass is 522 g/mol. The molecule has 0 bridgehead atoms. The molecule has 3 aromatic rings. The van der Waals surface area contributed by atoms with E-state index in [0.29, 0.717) is 36.4 Å². The van der Waals surface area contributed by atoms with E-state index in [2.05, 4.69) is 10.4 Å². The Bertz CT molecular complexity index is 1410. The highest BCUT2D eigenvalue weighted by Gasteiger charge is 2.45. The number of likely N-dealkylation sites (tertiary alicyclic amines) is 1. The molecule has 38 heavy (non-hydrogen) atoms. The Balaban J connectivity index is 1.34. The van der Waals surface area contributed by atoms with Crippen molar-refractivity contribution in [2.24, 2.45) is 0 Å². The third-order valence-corrected chi connectivity index (χ3v) is 6.97. The number of carbonyl (C=O) groups is 2. The van der Waals surface area contributed by atoms with Gasteiger partial charge in [0.25, 0.3) is 11.8 Å². The fourth-order valence-corrected chi connectivity index (χ4v) is 5.18.